The molecule has 0 unspecified atom stereocenters. The highest BCUT2D eigenvalue weighted by atomic mass is 16.3. The van der Waals surface area contributed by atoms with E-state index in [4.69, 9.17) is 0 Å². The molecule has 0 bridgehead atoms. The summed E-state index contributed by atoms with van der Waals surface area (Å²) in [7, 11) is 0. The fraction of sp³-hybridized carbons (Fsp3) is 0.786. The van der Waals surface area contributed by atoms with E-state index in [0.29, 0.717) is 25.3 Å². The quantitative estimate of drug-likeness (QED) is 0.699. The van der Waals surface area contributed by atoms with Crippen LogP contribution in [0.5, 0.6) is 0 Å². The van der Waals surface area contributed by atoms with Crippen LogP contribution in [0, 0.1) is 5.92 Å². The number of aliphatic hydroxyl groups is 1. The minimum Gasteiger partial charge on any atom is -0.388 e. The molecule has 2 N–H and O–H groups in total. The summed E-state index contributed by atoms with van der Waals surface area (Å²) in [6, 6.07) is 0. The van der Waals surface area contributed by atoms with Gasteiger partial charge in [-0.25, -0.2) is 0 Å². The Bertz CT molecular complexity index is 255. The Hall–Kier alpha value is -0.830. The average molecular weight is 239 g/mol. The lowest BCUT2D eigenvalue weighted by Gasteiger charge is -2.35. The first-order valence-corrected chi connectivity index (χ1v) is 6.66. The van der Waals surface area contributed by atoms with Crippen LogP contribution in [0.3, 0.4) is 0 Å². The zero-order valence-corrected chi connectivity index (χ0v) is 10.9. The van der Waals surface area contributed by atoms with Crippen molar-refractivity contribution < 1.29 is 9.90 Å². The molecule has 0 aromatic carbocycles. The number of carbonyl (C=O) groups excluding carboxylic acids is 1. The normalized spacial score (nSPS) is 20.6. The molecule has 1 fully saturated rings. The molecule has 1 rings (SSSR count). The van der Waals surface area contributed by atoms with Gasteiger partial charge in [-0.05, 0) is 32.1 Å². The number of amides is 1. The lowest BCUT2D eigenvalue weighted by Crippen LogP contribution is -2.46. The summed E-state index contributed by atoms with van der Waals surface area (Å²) in [4.78, 5) is 11.5. The summed E-state index contributed by atoms with van der Waals surface area (Å²) in [6.45, 7) is 5.80. The third-order valence-electron chi connectivity index (χ3n) is 3.70. The molecule has 1 amide bonds. The maximum Gasteiger partial charge on any atom is 0.220 e. The van der Waals surface area contributed by atoms with Crippen LogP contribution in [-0.4, -0.2) is 23.2 Å². The number of hydrogen-bond donors (Lipinski definition) is 2. The van der Waals surface area contributed by atoms with E-state index in [1.54, 1.807) is 6.08 Å². The van der Waals surface area contributed by atoms with Crippen molar-refractivity contribution in [2.45, 2.75) is 57.5 Å². The van der Waals surface area contributed by atoms with E-state index < -0.39 is 5.60 Å². The van der Waals surface area contributed by atoms with Crippen molar-refractivity contribution in [1.82, 2.24) is 5.32 Å². The second-order valence-electron chi connectivity index (χ2n) is 5.30. The molecule has 98 valence electrons. The Morgan fingerprint density at radius 1 is 1.47 bits per heavy atom. The van der Waals surface area contributed by atoms with Gasteiger partial charge in [-0.3, -0.25) is 4.79 Å². The van der Waals surface area contributed by atoms with Crippen LogP contribution in [0.25, 0.3) is 0 Å². The van der Waals surface area contributed by atoms with Crippen molar-refractivity contribution in [1.29, 1.82) is 0 Å². The van der Waals surface area contributed by atoms with Gasteiger partial charge in [0.25, 0.3) is 0 Å². The first kappa shape index (κ1) is 14.2. The highest BCUT2D eigenvalue weighted by Crippen LogP contribution is 2.32. The largest absolute Gasteiger partial charge is 0.388 e. The molecular weight excluding hydrogens is 214 g/mol. The number of rotatable bonds is 6. The van der Waals surface area contributed by atoms with Crippen molar-refractivity contribution in [2.24, 2.45) is 5.92 Å². The molecule has 3 heteroatoms. The van der Waals surface area contributed by atoms with Crippen LogP contribution in [0.1, 0.15) is 51.9 Å². The Labute approximate surface area is 104 Å². The van der Waals surface area contributed by atoms with Gasteiger partial charge >= 0.3 is 0 Å². The Morgan fingerprint density at radius 3 is 2.71 bits per heavy atom. The van der Waals surface area contributed by atoms with Crippen LogP contribution in [-0.2, 0) is 4.79 Å². The molecule has 0 aliphatic heterocycles. The van der Waals surface area contributed by atoms with E-state index in [9.17, 15) is 9.90 Å². The lowest BCUT2D eigenvalue weighted by atomic mass is 9.78. The van der Waals surface area contributed by atoms with Crippen LogP contribution in [0.2, 0.25) is 0 Å². The van der Waals surface area contributed by atoms with Gasteiger partial charge in [-0.2, -0.15) is 0 Å². The van der Waals surface area contributed by atoms with Gasteiger partial charge in [0.05, 0.1) is 5.60 Å². The summed E-state index contributed by atoms with van der Waals surface area (Å²) in [5, 5.41) is 13.2. The summed E-state index contributed by atoms with van der Waals surface area (Å²) < 4.78 is 0. The van der Waals surface area contributed by atoms with Gasteiger partial charge in [0.15, 0.2) is 0 Å². The van der Waals surface area contributed by atoms with E-state index in [-0.39, 0.29) is 5.91 Å². The maximum atomic E-state index is 11.5. The molecule has 1 saturated carbocycles. The molecular formula is C14H25NO2. The number of nitrogens with one attached hydrogen (secondary N) is 1. The smallest absolute Gasteiger partial charge is 0.220 e. The molecule has 1 aliphatic rings. The average Bonchev–Trinajstić information content (AvgIpc) is 2.35. The Balaban J connectivity index is 2.32. The van der Waals surface area contributed by atoms with Gasteiger partial charge < -0.3 is 10.4 Å². The van der Waals surface area contributed by atoms with Gasteiger partial charge in [-0.1, -0.05) is 25.3 Å². The summed E-state index contributed by atoms with van der Waals surface area (Å²) in [5.74, 6) is 0.330. The zero-order chi connectivity index (χ0) is 12.7. The standard InChI is InChI=1S/C14H25NO2/c1-3-4-10-13(16)15-11-14(2,17)12-8-6-5-7-9-12/h3,12,17H,1,4-11H2,2H3,(H,15,16)/t14-/m0/s1. The molecule has 0 spiro atoms. The van der Waals surface area contributed by atoms with Crippen molar-refractivity contribution in [3.63, 3.8) is 0 Å². The molecule has 0 heterocycles. The second kappa shape index (κ2) is 6.80. The maximum absolute atomic E-state index is 11.5. The fourth-order valence-corrected chi connectivity index (χ4v) is 2.47. The topological polar surface area (TPSA) is 49.3 Å². The molecule has 1 atom stereocenters. The van der Waals surface area contributed by atoms with Crippen molar-refractivity contribution in [2.75, 3.05) is 6.54 Å². The highest BCUT2D eigenvalue weighted by Gasteiger charge is 2.32. The van der Waals surface area contributed by atoms with E-state index in [2.05, 4.69) is 11.9 Å². The minimum absolute atomic E-state index is 0.000912. The number of carbonyl (C=O) groups is 1. The van der Waals surface area contributed by atoms with E-state index in [1.807, 2.05) is 6.92 Å². The number of allylic oxidation sites excluding steroid dienone is 1. The van der Waals surface area contributed by atoms with E-state index in [1.165, 1.54) is 19.3 Å². The monoisotopic (exact) mass is 239 g/mol. The Morgan fingerprint density at radius 2 is 2.12 bits per heavy atom. The zero-order valence-electron chi connectivity index (χ0n) is 10.9. The van der Waals surface area contributed by atoms with E-state index in [0.717, 1.165) is 12.8 Å². The van der Waals surface area contributed by atoms with Gasteiger partial charge in [0, 0.05) is 13.0 Å². The van der Waals surface area contributed by atoms with Gasteiger partial charge in [0.2, 0.25) is 5.91 Å². The summed E-state index contributed by atoms with van der Waals surface area (Å²) in [6.07, 6.45) is 8.72. The minimum atomic E-state index is -0.760. The highest BCUT2D eigenvalue weighted by molar-refractivity contribution is 5.76. The lowest BCUT2D eigenvalue weighted by molar-refractivity contribution is -0.122. The second-order valence-corrected chi connectivity index (χ2v) is 5.30. The fourth-order valence-electron chi connectivity index (χ4n) is 2.47. The summed E-state index contributed by atoms with van der Waals surface area (Å²) in [5.41, 5.74) is -0.760. The molecule has 0 aromatic rings. The molecule has 1 aliphatic carbocycles. The molecule has 0 aromatic heterocycles. The van der Waals surface area contributed by atoms with Crippen molar-refractivity contribution in [3.8, 4) is 0 Å². The van der Waals surface area contributed by atoms with Crippen molar-refractivity contribution >= 4 is 5.91 Å². The Kier molecular flexibility index (Phi) is 5.69. The third-order valence-corrected chi connectivity index (χ3v) is 3.70. The van der Waals surface area contributed by atoms with Crippen LogP contribution < -0.4 is 5.32 Å². The van der Waals surface area contributed by atoms with Crippen LogP contribution in [0.15, 0.2) is 12.7 Å². The van der Waals surface area contributed by atoms with Crippen LogP contribution in [0.4, 0.5) is 0 Å². The molecule has 0 radical (unpaired) electrons. The predicted octanol–water partition coefficient (Wildman–Crippen LogP) is 2.40. The molecule has 0 saturated heterocycles. The third kappa shape index (κ3) is 4.90. The molecule has 17 heavy (non-hydrogen) atoms. The van der Waals surface area contributed by atoms with Gasteiger partial charge in [0.1, 0.15) is 0 Å². The van der Waals surface area contributed by atoms with E-state index >= 15 is 0 Å². The van der Waals surface area contributed by atoms with Crippen molar-refractivity contribution in [3.05, 3.63) is 12.7 Å². The van der Waals surface area contributed by atoms with Gasteiger partial charge in [-0.15, -0.1) is 6.58 Å². The molecule has 3 nitrogen and oxygen atoms in total. The number of hydrogen-bond acceptors (Lipinski definition) is 2. The first-order valence-electron chi connectivity index (χ1n) is 6.66. The SMILES string of the molecule is C=CCCC(=O)NC[C@](C)(O)C1CCCCC1. The predicted molar refractivity (Wildman–Crippen MR) is 69.6 cm³/mol. The van der Waals surface area contributed by atoms with Crippen LogP contribution >= 0.6 is 0 Å². The first-order chi connectivity index (χ1) is 8.06. The summed E-state index contributed by atoms with van der Waals surface area (Å²) >= 11 is 0.